The summed E-state index contributed by atoms with van der Waals surface area (Å²) in [4.78, 5) is 12.3. The zero-order valence-electron chi connectivity index (χ0n) is 15.1. The van der Waals surface area contributed by atoms with Gasteiger partial charge in [0.15, 0.2) is 0 Å². The third-order valence-electron chi connectivity index (χ3n) is 5.44. The maximum atomic E-state index is 12.3. The standard InChI is InChI=1S/C18H24O2.C3H8/c1-15(19)17(14-16-6-3-2-4-7-16)9-11-18(12-10-17)8-5-13-20-18;1-3-2/h2-4,6-7H,5,8-14H2,1H3;3H2,1-2H3. The average molecular weight is 316 g/mol. The third kappa shape index (κ3) is 4.44. The molecule has 0 atom stereocenters. The molecule has 1 aromatic rings. The quantitative estimate of drug-likeness (QED) is 0.752. The largest absolute Gasteiger partial charge is 0.375 e. The van der Waals surface area contributed by atoms with Crippen molar-refractivity contribution in [3.8, 4) is 0 Å². The van der Waals surface area contributed by atoms with Crippen LogP contribution in [0.1, 0.15) is 71.3 Å². The summed E-state index contributed by atoms with van der Waals surface area (Å²) in [6.07, 6.45) is 8.59. The normalized spacial score (nSPS) is 29.9. The minimum atomic E-state index is -0.154. The summed E-state index contributed by atoms with van der Waals surface area (Å²) >= 11 is 0. The molecule has 1 aliphatic carbocycles. The fourth-order valence-corrected chi connectivity index (χ4v) is 3.97. The topological polar surface area (TPSA) is 26.3 Å². The molecule has 2 aliphatic rings. The Balaban J connectivity index is 0.000000595. The molecule has 0 amide bonds. The summed E-state index contributed by atoms with van der Waals surface area (Å²) in [5.41, 5.74) is 1.24. The number of benzene rings is 1. The molecule has 23 heavy (non-hydrogen) atoms. The lowest BCUT2D eigenvalue weighted by Crippen LogP contribution is -2.43. The van der Waals surface area contributed by atoms with Gasteiger partial charge in [0, 0.05) is 12.0 Å². The van der Waals surface area contributed by atoms with Gasteiger partial charge in [-0.2, -0.15) is 0 Å². The van der Waals surface area contributed by atoms with Crippen LogP contribution in [0.2, 0.25) is 0 Å². The highest BCUT2D eigenvalue weighted by Crippen LogP contribution is 2.48. The van der Waals surface area contributed by atoms with Gasteiger partial charge in [-0.05, 0) is 57.4 Å². The van der Waals surface area contributed by atoms with Crippen molar-refractivity contribution in [3.63, 3.8) is 0 Å². The van der Waals surface area contributed by atoms with Gasteiger partial charge in [-0.15, -0.1) is 0 Å². The first kappa shape index (κ1) is 18.2. The van der Waals surface area contributed by atoms with E-state index in [1.165, 1.54) is 24.8 Å². The minimum Gasteiger partial charge on any atom is -0.375 e. The van der Waals surface area contributed by atoms with Gasteiger partial charge in [-0.1, -0.05) is 50.6 Å². The number of rotatable bonds is 3. The highest BCUT2D eigenvalue weighted by Gasteiger charge is 2.47. The Morgan fingerprint density at radius 3 is 2.13 bits per heavy atom. The first-order chi connectivity index (χ1) is 11.1. The number of hydrogen-bond acceptors (Lipinski definition) is 2. The van der Waals surface area contributed by atoms with Gasteiger partial charge < -0.3 is 4.74 Å². The van der Waals surface area contributed by atoms with Crippen LogP contribution in [0, 0.1) is 5.41 Å². The van der Waals surface area contributed by atoms with E-state index in [0.29, 0.717) is 5.78 Å². The Labute approximate surface area is 141 Å². The number of hydrogen-bond donors (Lipinski definition) is 0. The number of Topliss-reactive ketones (excluding diaryl/α,β-unsaturated/α-hetero) is 1. The van der Waals surface area contributed by atoms with E-state index in [1.807, 2.05) is 6.07 Å². The van der Waals surface area contributed by atoms with Crippen LogP contribution in [0.4, 0.5) is 0 Å². The molecule has 1 saturated carbocycles. The molecule has 1 aromatic carbocycles. The van der Waals surface area contributed by atoms with E-state index in [0.717, 1.165) is 38.7 Å². The van der Waals surface area contributed by atoms with Crippen molar-refractivity contribution in [1.29, 1.82) is 0 Å². The maximum absolute atomic E-state index is 12.3. The van der Waals surface area contributed by atoms with Crippen molar-refractivity contribution in [2.24, 2.45) is 5.41 Å². The molecule has 2 fully saturated rings. The van der Waals surface area contributed by atoms with E-state index in [2.05, 4.69) is 38.1 Å². The molecule has 2 nitrogen and oxygen atoms in total. The first-order valence-corrected chi connectivity index (χ1v) is 9.25. The van der Waals surface area contributed by atoms with Crippen LogP contribution in [0.15, 0.2) is 30.3 Å². The van der Waals surface area contributed by atoms with Crippen LogP contribution < -0.4 is 0 Å². The Morgan fingerprint density at radius 2 is 1.65 bits per heavy atom. The predicted molar refractivity (Wildman–Crippen MR) is 95.6 cm³/mol. The molecular formula is C21H32O2. The summed E-state index contributed by atoms with van der Waals surface area (Å²) in [6, 6.07) is 10.4. The first-order valence-electron chi connectivity index (χ1n) is 9.25. The van der Waals surface area contributed by atoms with Crippen LogP contribution in [-0.4, -0.2) is 18.0 Å². The minimum absolute atomic E-state index is 0.107. The van der Waals surface area contributed by atoms with Crippen LogP contribution in [0.25, 0.3) is 0 Å². The second kappa shape index (κ2) is 8.10. The second-order valence-corrected chi connectivity index (χ2v) is 7.34. The van der Waals surface area contributed by atoms with Crippen LogP contribution in [0.3, 0.4) is 0 Å². The lowest BCUT2D eigenvalue weighted by Gasteiger charge is -2.43. The number of ether oxygens (including phenoxy) is 1. The maximum Gasteiger partial charge on any atom is 0.136 e. The summed E-state index contributed by atoms with van der Waals surface area (Å²) in [5.74, 6) is 0.356. The summed E-state index contributed by atoms with van der Waals surface area (Å²) in [5, 5.41) is 0. The Bertz CT molecular complexity index is 476. The van der Waals surface area contributed by atoms with E-state index in [-0.39, 0.29) is 11.0 Å². The van der Waals surface area contributed by atoms with Gasteiger partial charge in [0.25, 0.3) is 0 Å². The van der Waals surface area contributed by atoms with Crippen molar-refractivity contribution in [3.05, 3.63) is 35.9 Å². The van der Waals surface area contributed by atoms with Crippen molar-refractivity contribution >= 4 is 5.78 Å². The number of ketones is 1. The van der Waals surface area contributed by atoms with E-state index in [9.17, 15) is 4.79 Å². The molecule has 0 radical (unpaired) electrons. The Morgan fingerprint density at radius 1 is 1.04 bits per heavy atom. The van der Waals surface area contributed by atoms with Crippen LogP contribution in [-0.2, 0) is 16.0 Å². The summed E-state index contributed by atoms with van der Waals surface area (Å²) < 4.78 is 5.99. The van der Waals surface area contributed by atoms with E-state index in [4.69, 9.17) is 4.74 Å². The predicted octanol–water partition coefficient (Wildman–Crippen LogP) is 5.34. The summed E-state index contributed by atoms with van der Waals surface area (Å²) in [6.45, 7) is 6.93. The molecule has 0 unspecified atom stereocenters. The van der Waals surface area contributed by atoms with Crippen LogP contribution in [0.5, 0.6) is 0 Å². The molecule has 0 bridgehead atoms. The van der Waals surface area contributed by atoms with E-state index < -0.39 is 0 Å². The van der Waals surface area contributed by atoms with Gasteiger partial charge in [0.2, 0.25) is 0 Å². The fourth-order valence-electron chi connectivity index (χ4n) is 3.97. The third-order valence-corrected chi connectivity index (χ3v) is 5.44. The number of carbonyl (C=O) groups is 1. The lowest BCUT2D eigenvalue weighted by atomic mass is 9.63. The van der Waals surface area contributed by atoms with Gasteiger partial charge >= 0.3 is 0 Å². The monoisotopic (exact) mass is 316 g/mol. The molecule has 1 saturated heterocycles. The van der Waals surface area contributed by atoms with Crippen molar-refractivity contribution in [2.75, 3.05) is 6.61 Å². The van der Waals surface area contributed by atoms with E-state index in [1.54, 1.807) is 6.92 Å². The Kier molecular flexibility index (Phi) is 6.41. The zero-order chi connectivity index (χ0) is 16.8. The van der Waals surface area contributed by atoms with Gasteiger partial charge in [0.1, 0.15) is 5.78 Å². The van der Waals surface area contributed by atoms with Crippen molar-refractivity contribution in [1.82, 2.24) is 0 Å². The molecule has 0 aromatic heterocycles. The van der Waals surface area contributed by atoms with Crippen LogP contribution >= 0.6 is 0 Å². The van der Waals surface area contributed by atoms with Gasteiger partial charge in [-0.3, -0.25) is 4.79 Å². The smallest absolute Gasteiger partial charge is 0.136 e. The average Bonchev–Trinajstić information content (AvgIpc) is 3.00. The molecule has 3 rings (SSSR count). The molecule has 0 N–H and O–H groups in total. The summed E-state index contributed by atoms with van der Waals surface area (Å²) in [7, 11) is 0. The Hall–Kier alpha value is -1.15. The fraction of sp³-hybridized carbons (Fsp3) is 0.667. The molecule has 1 aliphatic heterocycles. The number of carbonyl (C=O) groups excluding carboxylic acids is 1. The zero-order valence-corrected chi connectivity index (χ0v) is 15.1. The van der Waals surface area contributed by atoms with Gasteiger partial charge in [0.05, 0.1) is 5.60 Å². The molecule has 1 heterocycles. The molecular weight excluding hydrogens is 284 g/mol. The lowest BCUT2D eigenvalue weighted by molar-refractivity contribution is -0.133. The SMILES string of the molecule is CC(=O)C1(Cc2ccccc2)CCC2(CCCO2)CC1.CCC. The van der Waals surface area contributed by atoms with Gasteiger partial charge in [-0.25, -0.2) is 0 Å². The highest BCUT2D eigenvalue weighted by atomic mass is 16.5. The second-order valence-electron chi connectivity index (χ2n) is 7.34. The molecule has 1 spiro atoms. The van der Waals surface area contributed by atoms with Crippen molar-refractivity contribution < 1.29 is 9.53 Å². The van der Waals surface area contributed by atoms with E-state index >= 15 is 0 Å². The molecule has 128 valence electrons. The van der Waals surface area contributed by atoms with Crippen molar-refractivity contribution in [2.45, 2.75) is 77.7 Å². The molecule has 2 heteroatoms. The highest BCUT2D eigenvalue weighted by molar-refractivity contribution is 5.82.